The minimum atomic E-state index is -0.578. The number of fused-ring (bicyclic) bond motifs is 2. The zero-order valence-electron chi connectivity index (χ0n) is 26.1. The lowest BCUT2D eigenvalue weighted by Gasteiger charge is -2.32. The summed E-state index contributed by atoms with van der Waals surface area (Å²) >= 11 is 0. The molecule has 0 saturated heterocycles. The number of methoxy groups -OCH3 is 1. The number of allylic oxidation sites excluding steroid dienone is 1. The van der Waals surface area contributed by atoms with Crippen LogP contribution in [0.1, 0.15) is 53.9 Å². The second-order valence-electron chi connectivity index (χ2n) is 11.5. The molecule has 6 nitrogen and oxygen atoms in total. The number of H-pyrrole nitrogens is 1. The van der Waals surface area contributed by atoms with E-state index in [0.717, 1.165) is 61.9 Å². The van der Waals surface area contributed by atoms with Crippen LogP contribution in [-0.4, -0.2) is 36.9 Å². The van der Waals surface area contributed by atoms with Gasteiger partial charge in [-0.2, -0.15) is 0 Å². The summed E-state index contributed by atoms with van der Waals surface area (Å²) in [6, 6.07) is 30.7. The molecule has 1 aromatic heterocycles. The molecule has 0 aliphatic heterocycles. The molecule has 0 bridgehead atoms. The van der Waals surface area contributed by atoms with Crippen molar-refractivity contribution in [3.63, 3.8) is 0 Å². The SMILES string of the molecule is CCOC(=O)c1[nH]c2c(C3=CC(OC)=CC(C)(OCc4ccccc4)C3)cccc2c1CCCOc1cccc2ccccc12. The minimum Gasteiger partial charge on any atom is -0.497 e. The molecule has 1 aliphatic carbocycles. The third kappa shape index (κ3) is 6.66. The molecule has 0 spiro atoms. The van der Waals surface area contributed by atoms with Crippen LogP contribution in [-0.2, 0) is 27.2 Å². The molecule has 1 aliphatic rings. The number of carbonyl (C=O) groups excluding carboxylic acids is 1. The van der Waals surface area contributed by atoms with Gasteiger partial charge in [-0.15, -0.1) is 0 Å². The summed E-state index contributed by atoms with van der Waals surface area (Å²) in [4.78, 5) is 16.7. The molecular formula is C39H39NO5. The fraction of sp³-hybridized carbons (Fsp3) is 0.256. The summed E-state index contributed by atoms with van der Waals surface area (Å²) < 4.78 is 23.9. The Balaban J connectivity index is 1.27. The van der Waals surface area contributed by atoms with Crippen LogP contribution < -0.4 is 4.74 Å². The predicted octanol–water partition coefficient (Wildman–Crippen LogP) is 8.80. The van der Waals surface area contributed by atoms with Gasteiger partial charge in [-0.05, 0) is 67.0 Å². The van der Waals surface area contributed by atoms with Crippen LogP contribution in [0.15, 0.2) is 109 Å². The third-order valence-corrected chi connectivity index (χ3v) is 8.30. The fourth-order valence-corrected chi connectivity index (χ4v) is 6.13. The van der Waals surface area contributed by atoms with Crippen molar-refractivity contribution in [1.82, 2.24) is 4.98 Å². The van der Waals surface area contributed by atoms with Gasteiger partial charge in [0, 0.05) is 22.8 Å². The Morgan fingerprint density at radius 3 is 2.49 bits per heavy atom. The standard InChI is InChI=1S/C39H39NO5/c1-4-43-38(41)37-34(20-12-22-44-35-21-10-16-28-15-8-9-17-31(28)35)33-19-11-18-32(36(33)40-37)29-23-30(42-3)25-39(2,24-29)45-26-27-13-6-5-7-14-27/h5-11,13-19,21,23,25,40H,4,12,20,22,24,26H2,1-3H3. The van der Waals surface area contributed by atoms with Gasteiger partial charge in [-0.25, -0.2) is 4.79 Å². The van der Waals surface area contributed by atoms with Gasteiger partial charge < -0.3 is 23.9 Å². The second-order valence-corrected chi connectivity index (χ2v) is 11.5. The van der Waals surface area contributed by atoms with E-state index in [1.54, 1.807) is 7.11 Å². The Morgan fingerprint density at radius 1 is 0.911 bits per heavy atom. The molecule has 1 heterocycles. The third-order valence-electron chi connectivity index (χ3n) is 8.30. The van der Waals surface area contributed by atoms with Crippen LogP contribution in [0.25, 0.3) is 27.2 Å². The van der Waals surface area contributed by atoms with Gasteiger partial charge in [0.1, 0.15) is 17.2 Å². The molecule has 1 N–H and O–H groups in total. The van der Waals surface area contributed by atoms with Crippen molar-refractivity contribution in [3.8, 4) is 5.75 Å². The molecule has 0 radical (unpaired) electrons. The number of esters is 1. The van der Waals surface area contributed by atoms with E-state index < -0.39 is 5.60 Å². The molecule has 0 amide bonds. The molecule has 1 unspecified atom stereocenters. The molecular weight excluding hydrogens is 562 g/mol. The summed E-state index contributed by atoms with van der Waals surface area (Å²) in [5.74, 6) is 1.26. The van der Waals surface area contributed by atoms with Crippen LogP contribution in [0.2, 0.25) is 0 Å². The zero-order valence-corrected chi connectivity index (χ0v) is 26.1. The van der Waals surface area contributed by atoms with Gasteiger partial charge in [0.05, 0.1) is 38.0 Å². The zero-order chi connectivity index (χ0) is 31.2. The van der Waals surface area contributed by atoms with Crippen LogP contribution in [0.3, 0.4) is 0 Å². The lowest BCUT2D eigenvalue weighted by atomic mass is 9.86. The number of carbonyl (C=O) groups is 1. The van der Waals surface area contributed by atoms with Crippen molar-refractivity contribution >= 4 is 33.2 Å². The normalized spacial score (nSPS) is 16.3. The van der Waals surface area contributed by atoms with Crippen molar-refractivity contribution in [2.45, 2.75) is 45.3 Å². The van der Waals surface area contributed by atoms with Crippen LogP contribution in [0, 0.1) is 0 Å². The number of hydrogen-bond acceptors (Lipinski definition) is 5. The smallest absolute Gasteiger partial charge is 0.355 e. The summed E-state index contributed by atoms with van der Waals surface area (Å²) in [6.45, 7) is 5.22. The number of nitrogens with one attached hydrogen (secondary N) is 1. The fourth-order valence-electron chi connectivity index (χ4n) is 6.13. The highest BCUT2D eigenvalue weighted by atomic mass is 16.5. The van der Waals surface area contributed by atoms with Crippen molar-refractivity contribution in [1.29, 1.82) is 0 Å². The highest BCUT2D eigenvalue weighted by Gasteiger charge is 2.31. The van der Waals surface area contributed by atoms with Crippen molar-refractivity contribution in [2.75, 3.05) is 20.3 Å². The van der Waals surface area contributed by atoms with Gasteiger partial charge >= 0.3 is 5.97 Å². The van der Waals surface area contributed by atoms with E-state index in [1.165, 1.54) is 0 Å². The number of aryl methyl sites for hydroxylation is 1. The highest BCUT2D eigenvalue weighted by molar-refractivity contribution is 6.02. The molecule has 6 rings (SSSR count). The quantitative estimate of drug-likeness (QED) is 0.114. The Kier molecular flexibility index (Phi) is 9.03. The molecule has 5 aromatic rings. The van der Waals surface area contributed by atoms with Gasteiger partial charge in [0.25, 0.3) is 0 Å². The lowest BCUT2D eigenvalue weighted by Crippen LogP contribution is -2.29. The maximum atomic E-state index is 13.2. The summed E-state index contributed by atoms with van der Waals surface area (Å²) in [5.41, 5.74) is 4.94. The molecule has 4 aromatic carbocycles. The van der Waals surface area contributed by atoms with Gasteiger partial charge in [0.15, 0.2) is 0 Å². The van der Waals surface area contributed by atoms with Crippen LogP contribution >= 0.6 is 0 Å². The number of hydrogen-bond donors (Lipinski definition) is 1. The first kappa shape index (κ1) is 30.2. The number of aromatic nitrogens is 1. The molecule has 45 heavy (non-hydrogen) atoms. The van der Waals surface area contributed by atoms with Crippen molar-refractivity contribution < 1.29 is 23.7 Å². The highest BCUT2D eigenvalue weighted by Crippen LogP contribution is 2.39. The van der Waals surface area contributed by atoms with E-state index in [1.807, 2.05) is 61.5 Å². The number of para-hydroxylation sites is 1. The van der Waals surface area contributed by atoms with E-state index in [0.29, 0.717) is 38.4 Å². The van der Waals surface area contributed by atoms with E-state index in [4.69, 9.17) is 18.9 Å². The Morgan fingerprint density at radius 2 is 1.67 bits per heavy atom. The van der Waals surface area contributed by atoms with Gasteiger partial charge in [0.2, 0.25) is 0 Å². The van der Waals surface area contributed by atoms with Crippen molar-refractivity contribution in [2.24, 2.45) is 0 Å². The van der Waals surface area contributed by atoms with Crippen LogP contribution in [0.4, 0.5) is 0 Å². The van der Waals surface area contributed by atoms with Crippen molar-refractivity contribution in [3.05, 3.63) is 131 Å². The summed E-state index contributed by atoms with van der Waals surface area (Å²) in [5, 5.41) is 3.24. The van der Waals surface area contributed by atoms with E-state index >= 15 is 0 Å². The molecule has 230 valence electrons. The summed E-state index contributed by atoms with van der Waals surface area (Å²) in [7, 11) is 1.68. The Labute approximate surface area is 264 Å². The number of aromatic amines is 1. The predicted molar refractivity (Wildman–Crippen MR) is 179 cm³/mol. The number of ether oxygens (including phenoxy) is 4. The van der Waals surface area contributed by atoms with E-state index in [-0.39, 0.29) is 5.97 Å². The Hall–Kier alpha value is -4.81. The monoisotopic (exact) mass is 601 g/mol. The number of benzene rings is 4. The molecule has 0 fully saturated rings. The van der Waals surface area contributed by atoms with E-state index in [2.05, 4.69) is 60.4 Å². The number of rotatable bonds is 12. The Bertz CT molecular complexity index is 1860. The average molecular weight is 602 g/mol. The van der Waals surface area contributed by atoms with E-state index in [9.17, 15) is 4.79 Å². The van der Waals surface area contributed by atoms with Gasteiger partial charge in [-0.1, -0.05) is 84.9 Å². The topological polar surface area (TPSA) is 69.8 Å². The minimum absolute atomic E-state index is 0.301. The lowest BCUT2D eigenvalue weighted by molar-refractivity contribution is -0.00631. The average Bonchev–Trinajstić information content (AvgIpc) is 3.45. The molecule has 0 saturated carbocycles. The first-order valence-electron chi connectivity index (χ1n) is 15.5. The van der Waals surface area contributed by atoms with Crippen LogP contribution in [0.5, 0.6) is 5.75 Å². The van der Waals surface area contributed by atoms with Gasteiger partial charge in [-0.3, -0.25) is 0 Å². The maximum Gasteiger partial charge on any atom is 0.355 e. The molecule has 6 heteroatoms. The maximum absolute atomic E-state index is 13.2. The first-order valence-corrected chi connectivity index (χ1v) is 15.5. The second kappa shape index (κ2) is 13.4. The largest absolute Gasteiger partial charge is 0.497 e. The molecule has 1 atom stereocenters. The summed E-state index contributed by atoms with van der Waals surface area (Å²) in [6.07, 6.45) is 6.14. The first-order chi connectivity index (χ1) is 22.0.